The largest absolute Gasteiger partial charge is 0.398 e. The number of benzene rings is 1. The lowest BCUT2D eigenvalue weighted by atomic mass is 9.97. The lowest BCUT2D eigenvalue weighted by molar-refractivity contribution is 0.137. The SMILES string of the molecule is Nc1ccccc1SC1CCCCC1O. The van der Waals surface area contributed by atoms with Crippen molar-refractivity contribution in [1.82, 2.24) is 0 Å². The van der Waals surface area contributed by atoms with E-state index >= 15 is 0 Å². The molecule has 0 bridgehead atoms. The van der Waals surface area contributed by atoms with Crippen molar-refractivity contribution in [3.8, 4) is 0 Å². The second-order valence-electron chi connectivity index (χ2n) is 4.05. The fourth-order valence-electron chi connectivity index (χ4n) is 1.97. The third kappa shape index (κ3) is 2.67. The molecule has 0 saturated heterocycles. The number of rotatable bonds is 2. The summed E-state index contributed by atoms with van der Waals surface area (Å²) in [6.45, 7) is 0. The first-order valence-corrected chi connectivity index (χ1v) is 6.34. The van der Waals surface area contributed by atoms with Crippen LogP contribution in [0, 0.1) is 0 Å². The Kier molecular flexibility index (Phi) is 3.54. The molecule has 0 aromatic heterocycles. The summed E-state index contributed by atoms with van der Waals surface area (Å²) < 4.78 is 0. The van der Waals surface area contributed by atoms with Gasteiger partial charge in [-0.25, -0.2) is 0 Å². The standard InChI is InChI=1S/C12H17NOS/c13-9-5-1-3-7-11(9)15-12-8-4-2-6-10(12)14/h1,3,5,7,10,12,14H,2,4,6,8,13H2. The lowest BCUT2D eigenvalue weighted by Gasteiger charge is -2.27. The van der Waals surface area contributed by atoms with Crippen LogP contribution in [0.1, 0.15) is 25.7 Å². The number of aliphatic hydroxyl groups is 1. The van der Waals surface area contributed by atoms with E-state index in [0.717, 1.165) is 29.8 Å². The number of aliphatic hydroxyl groups excluding tert-OH is 1. The summed E-state index contributed by atoms with van der Waals surface area (Å²) in [6, 6.07) is 7.88. The summed E-state index contributed by atoms with van der Waals surface area (Å²) in [5.41, 5.74) is 6.70. The maximum Gasteiger partial charge on any atom is 0.0662 e. The topological polar surface area (TPSA) is 46.2 Å². The molecule has 0 spiro atoms. The van der Waals surface area contributed by atoms with Crippen molar-refractivity contribution in [3.05, 3.63) is 24.3 Å². The molecule has 1 saturated carbocycles. The fourth-order valence-corrected chi connectivity index (χ4v) is 3.23. The number of anilines is 1. The van der Waals surface area contributed by atoms with E-state index in [2.05, 4.69) is 0 Å². The maximum atomic E-state index is 9.86. The Bertz CT molecular complexity index is 329. The van der Waals surface area contributed by atoms with E-state index in [9.17, 15) is 5.11 Å². The van der Waals surface area contributed by atoms with Crippen LogP contribution in [0.4, 0.5) is 5.69 Å². The highest BCUT2D eigenvalue weighted by atomic mass is 32.2. The van der Waals surface area contributed by atoms with E-state index in [0.29, 0.717) is 5.25 Å². The molecule has 0 amide bonds. The van der Waals surface area contributed by atoms with Crippen molar-refractivity contribution < 1.29 is 5.11 Å². The zero-order chi connectivity index (χ0) is 10.7. The zero-order valence-corrected chi connectivity index (χ0v) is 9.54. The Morgan fingerprint density at radius 2 is 1.93 bits per heavy atom. The van der Waals surface area contributed by atoms with Crippen LogP contribution in [0.15, 0.2) is 29.2 Å². The molecule has 2 atom stereocenters. The van der Waals surface area contributed by atoms with Gasteiger partial charge in [0.15, 0.2) is 0 Å². The predicted molar refractivity (Wildman–Crippen MR) is 65.0 cm³/mol. The summed E-state index contributed by atoms with van der Waals surface area (Å²) >= 11 is 1.72. The fraction of sp³-hybridized carbons (Fsp3) is 0.500. The van der Waals surface area contributed by atoms with E-state index in [4.69, 9.17) is 5.73 Å². The van der Waals surface area contributed by atoms with Crippen molar-refractivity contribution in [2.45, 2.75) is 41.9 Å². The van der Waals surface area contributed by atoms with E-state index in [-0.39, 0.29) is 6.10 Å². The summed E-state index contributed by atoms with van der Waals surface area (Å²) in [4.78, 5) is 1.10. The average Bonchev–Trinajstić information content (AvgIpc) is 2.24. The number of para-hydroxylation sites is 1. The van der Waals surface area contributed by atoms with Crippen molar-refractivity contribution in [1.29, 1.82) is 0 Å². The minimum Gasteiger partial charge on any atom is -0.398 e. The van der Waals surface area contributed by atoms with Crippen LogP contribution in [0.25, 0.3) is 0 Å². The first-order chi connectivity index (χ1) is 7.27. The third-order valence-electron chi connectivity index (χ3n) is 2.87. The van der Waals surface area contributed by atoms with Gasteiger partial charge >= 0.3 is 0 Å². The molecule has 1 fully saturated rings. The molecule has 82 valence electrons. The van der Waals surface area contributed by atoms with Gasteiger partial charge < -0.3 is 10.8 Å². The average molecular weight is 223 g/mol. The molecule has 0 radical (unpaired) electrons. The van der Waals surface area contributed by atoms with Gasteiger partial charge in [-0.1, -0.05) is 25.0 Å². The molecule has 0 aliphatic heterocycles. The summed E-state index contributed by atoms with van der Waals surface area (Å²) in [5, 5.41) is 10.2. The van der Waals surface area contributed by atoms with Crippen LogP contribution in [0.2, 0.25) is 0 Å². The minimum absolute atomic E-state index is 0.164. The Hall–Kier alpha value is -0.670. The van der Waals surface area contributed by atoms with Gasteiger partial charge in [0.2, 0.25) is 0 Å². The smallest absolute Gasteiger partial charge is 0.0662 e. The molecule has 1 aromatic carbocycles. The molecule has 2 unspecified atom stereocenters. The summed E-state index contributed by atoms with van der Waals surface area (Å²) in [7, 11) is 0. The van der Waals surface area contributed by atoms with E-state index in [1.54, 1.807) is 11.8 Å². The van der Waals surface area contributed by atoms with Crippen molar-refractivity contribution >= 4 is 17.4 Å². The van der Waals surface area contributed by atoms with Gasteiger partial charge in [-0.3, -0.25) is 0 Å². The Labute approximate surface area is 94.9 Å². The van der Waals surface area contributed by atoms with Crippen LogP contribution in [0.5, 0.6) is 0 Å². The predicted octanol–water partition coefficient (Wildman–Crippen LogP) is 2.66. The first-order valence-electron chi connectivity index (χ1n) is 5.46. The van der Waals surface area contributed by atoms with E-state index in [1.165, 1.54) is 6.42 Å². The van der Waals surface area contributed by atoms with E-state index < -0.39 is 0 Å². The number of nitrogens with two attached hydrogens (primary N) is 1. The molecule has 3 N–H and O–H groups in total. The van der Waals surface area contributed by atoms with Crippen LogP contribution in [-0.4, -0.2) is 16.5 Å². The van der Waals surface area contributed by atoms with Gasteiger partial charge in [-0.05, 0) is 25.0 Å². The van der Waals surface area contributed by atoms with Crippen LogP contribution >= 0.6 is 11.8 Å². The van der Waals surface area contributed by atoms with Gasteiger partial charge in [-0.2, -0.15) is 0 Å². The van der Waals surface area contributed by atoms with E-state index in [1.807, 2.05) is 24.3 Å². The normalized spacial score (nSPS) is 26.5. The van der Waals surface area contributed by atoms with Gasteiger partial charge in [-0.15, -0.1) is 11.8 Å². The summed E-state index contributed by atoms with van der Waals surface area (Å²) in [5.74, 6) is 0. The molecule has 2 rings (SSSR count). The van der Waals surface area contributed by atoms with Crippen molar-refractivity contribution in [2.24, 2.45) is 0 Å². The molecule has 1 aromatic rings. The van der Waals surface area contributed by atoms with Crippen LogP contribution in [0.3, 0.4) is 0 Å². The van der Waals surface area contributed by atoms with Crippen molar-refractivity contribution in [3.63, 3.8) is 0 Å². The van der Waals surface area contributed by atoms with Gasteiger partial charge in [0.05, 0.1) is 6.10 Å². The van der Waals surface area contributed by atoms with Crippen LogP contribution < -0.4 is 5.73 Å². The Morgan fingerprint density at radius 1 is 1.20 bits per heavy atom. The lowest BCUT2D eigenvalue weighted by Crippen LogP contribution is -2.26. The molecule has 15 heavy (non-hydrogen) atoms. The van der Waals surface area contributed by atoms with Crippen molar-refractivity contribution in [2.75, 3.05) is 5.73 Å². The second kappa shape index (κ2) is 4.90. The number of hydrogen-bond donors (Lipinski definition) is 2. The molecular weight excluding hydrogens is 206 g/mol. The monoisotopic (exact) mass is 223 g/mol. The Morgan fingerprint density at radius 3 is 2.67 bits per heavy atom. The first kappa shape index (κ1) is 10.8. The van der Waals surface area contributed by atoms with Gasteiger partial charge in [0.1, 0.15) is 0 Å². The molecule has 2 nitrogen and oxygen atoms in total. The highest BCUT2D eigenvalue weighted by Gasteiger charge is 2.24. The second-order valence-corrected chi connectivity index (χ2v) is 5.33. The Balaban J connectivity index is 2.04. The molecular formula is C12H17NOS. The van der Waals surface area contributed by atoms with Gasteiger partial charge in [0.25, 0.3) is 0 Å². The van der Waals surface area contributed by atoms with Gasteiger partial charge in [0, 0.05) is 15.8 Å². The number of nitrogen functional groups attached to an aromatic ring is 1. The number of thioether (sulfide) groups is 1. The molecule has 1 aliphatic rings. The number of hydrogen-bond acceptors (Lipinski definition) is 3. The molecule has 0 heterocycles. The highest BCUT2D eigenvalue weighted by molar-refractivity contribution is 8.00. The maximum absolute atomic E-state index is 9.86. The highest BCUT2D eigenvalue weighted by Crippen LogP contribution is 2.36. The summed E-state index contributed by atoms with van der Waals surface area (Å²) in [6.07, 6.45) is 4.25. The minimum atomic E-state index is -0.164. The van der Waals surface area contributed by atoms with Crippen LogP contribution in [-0.2, 0) is 0 Å². The molecule has 3 heteroatoms. The zero-order valence-electron chi connectivity index (χ0n) is 8.73. The quantitative estimate of drug-likeness (QED) is 0.758. The molecule has 1 aliphatic carbocycles. The third-order valence-corrected chi connectivity index (χ3v) is 4.34.